The van der Waals surface area contributed by atoms with Crippen LogP contribution in [-0.2, 0) is 16.1 Å². The molecule has 3 aliphatic rings. The number of rotatable bonds is 12. The highest BCUT2D eigenvalue weighted by atomic mass is 16.5. The molecule has 6 nitrogen and oxygen atoms in total. The van der Waals surface area contributed by atoms with Crippen molar-refractivity contribution in [2.75, 3.05) is 0 Å². The Balaban J connectivity index is 1.25. The fraction of sp³-hybridized carbons (Fsp3) is 0.769. The molecule has 6 heteroatoms. The number of aromatic nitrogens is 2. The van der Waals surface area contributed by atoms with Gasteiger partial charge in [0, 0.05) is 25.1 Å². The van der Waals surface area contributed by atoms with Crippen LogP contribution in [0, 0.1) is 17.8 Å². The summed E-state index contributed by atoms with van der Waals surface area (Å²) in [5, 5.41) is 19.4. The fourth-order valence-electron chi connectivity index (χ4n) is 6.14. The lowest BCUT2D eigenvalue weighted by atomic mass is 9.77. The molecule has 2 N–H and O–H groups in total. The van der Waals surface area contributed by atoms with Gasteiger partial charge in [-0.15, -0.1) is 0 Å². The number of nitrogens with zero attached hydrogens (tertiary/aromatic N) is 2. The van der Waals surface area contributed by atoms with Crippen molar-refractivity contribution in [1.29, 1.82) is 0 Å². The molecule has 1 saturated carbocycles. The van der Waals surface area contributed by atoms with E-state index < -0.39 is 12.1 Å². The molecule has 2 aliphatic heterocycles. The number of carbonyl (C=O) groups is 1. The molecule has 3 heterocycles. The SMILES string of the molecule is O=C(O)CC/C=C/CC1C2CCC(O2)C1Cn1cnc(C(O)CCCC2CCCCC2)c1. The molecule has 178 valence electrons. The van der Waals surface area contributed by atoms with Gasteiger partial charge in [-0.2, -0.15) is 0 Å². The van der Waals surface area contributed by atoms with Gasteiger partial charge >= 0.3 is 5.97 Å². The molecule has 2 saturated heterocycles. The third kappa shape index (κ3) is 6.22. The maximum atomic E-state index is 10.7. The number of aliphatic hydroxyl groups excluding tert-OH is 1. The average molecular weight is 445 g/mol. The van der Waals surface area contributed by atoms with Crippen molar-refractivity contribution in [3.05, 3.63) is 30.4 Å². The Morgan fingerprint density at radius 3 is 2.72 bits per heavy atom. The second-order valence-electron chi connectivity index (χ2n) is 10.2. The summed E-state index contributed by atoms with van der Waals surface area (Å²) in [6, 6.07) is 0. The van der Waals surface area contributed by atoms with Gasteiger partial charge in [0.05, 0.1) is 30.3 Å². The van der Waals surface area contributed by atoms with Crippen molar-refractivity contribution < 1.29 is 19.7 Å². The predicted molar refractivity (Wildman–Crippen MR) is 123 cm³/mol. The molecule has 32 heavy (non-hydrogen) atoms. The van der Waals surface area contributed by atoms with E-state index in [9.17, 15) is 9.90 Å². The van der Waals surface area contributed by atoms with Gasteiger partial charge in [0.25, 0.3) is 0 Å². The van der Waals surface area contributed by atoms with E-state index in [1.807, 2.05) is 18.6 Å². The number of fused-ring (bicyclic) bond motifs is 2. The molecule has 2 bridgehead atoms. The first-order chi connectivity index (χ1) is 15.6. The van der Waals surface area contributed by atoms with Gasteiger partial charge in [-0.3, -0.25) is 4.79 Å². The summed E-state index contributed by atoms with van der Waals surface area (Å²) in [7, 11) is 0. The first kappa shape index (κ1) is 23.5. The number of aliphatic hydroxyl groups is 1. The van der Waals surface area contributed by atoms with E-state index in [-0.39, 0.29) is 6.42 Å². The smallest absolute Gasteiger partial charge is 0.303 e. The first-order valence-electron chi connectivity index (χ1n) is 12.8. The highest BCUT2D eigenvalue weighted by molar-refractivity contribution is 5.66. The third-order valence-electron chi connectivity index (χ3n) is 7.92. The highest BCUT2D eigenvalue weighted by Crippen LogP contribution is 2.46. The van der Waals surface area contributed by atoms with E-state index in [1.165, 1.54) is 38.5 Å². The van der Waals surface area contributed by atoms with E-state index in [0.717, 1.165) is 50.3 Å². The van der Waals surface area contributed by atoms with Gasteiger partial charge in [-0.25, -0.2) is 4.98 Å². The second kappa shape index (κ2) is 11.5. The third-order valence-corrected chi connectivity index (χ3v) is 7.92. The first-order valence-corrected chi connectivity index (χ1v) is 12.8. The zero-order valence-corrected chi connectivity index (χ0v) is 19.3. The Morgan fingerprint density at radius 1 is 1.16 bits per heavy atom. The lowest BCUT2D eigenvalue weighted by Gasteiger charge is -2.27. The molecule has 4 rings (SSSR count). The summed E-state index contributed by atoms with van der Waals surface area (Å²) < 4.78 is 8.35. The van der Waals surface area contributed by atoms with Crippen LogP contribution in [0.3, 0.4) is 0 Å². The fourth-order valence-corrected chi connectivity index (χ4v) is 6.14. The van der Waals surface area contributed by atoms with Crippen LogP contribution in [0.1, 0.15) is 95.3 Å². The summed E-state index contributed by atoms with van der Waals surface area (Å²) in [4.78, 5) is 15.2. The Bertz CT molecular complexity index is 755. The molecular formula is C26H40N2O4. The van der Waals surface area contributed by atoms with Crippen LogP contribution >= 0.6 is 0 Å². The maximum Gasteiger partial charge on any atom is 0.303 e. The summed E-state index contributed by atoms with van der Waals surface area (Å²) in [6.45, 7) is 0.872. The van der Waals surface area contributed by atoms with Crippen LogP contribution in [-0.4, -0.2) is 37.9 Å². The number of ether oxygens (including phenoxy) is 1. The number of imidazole rings is 1. The van der Waals surface area contributed by atoms with Crippen LogP contribution in [0.15, 0.2) is 24.7 Å². The van der Waals surface area contributed by atoms with E-state index >= 15 is 0 Å². The second-order valence-corrected chi connectivity index (χ2v) is 10.2. The topological polar surface area (TPSA) is 84.6 Å². The normalized spacial score (nSPS) is 29.2. The Kier molecular flexibility index (Phi) is 8.42. The van der Waals surface area contributed by atoms with Crippen molar-refractivity contribution >= 4 is 5.97 Å². The molecule has 1 aromatic rings. The average Bonchev–Trinajstić information content (AvgIpc) is 3.52. The highest BCUT2D eigenvalue weighted by Gasteiger charge is 2.48. The van der Waals surface area contributed by atoms with Gasteiger partial charge in [0.15, 0.2) is 0 Å². The van der Waals surface area contributed by atoms with Crippen molar-refractivity contribution in [2.24, 2.45) is 17.8 Å². The van der Waals surface area contributed by atoms with Crippen LogP contribution in [0.2, 0.25) is 0 Å². The molecule has 1 aromatic heterocycles. The molecule has 5 unspecified atom stereocenters. The Hall–Kier alpha value is -1.66. The van der Waals surface area contributed by atoms with Crippen LogP contribution in [0.4, 0.5) is 0 Å². The molecule has 0 spiro atoms. The van der Waals surface area contributed by atoms with Crippen molar-refractivity contribution in [3.63, 3.8) is 0 Å². The molecule has 5 atom stereocenters. The molecule has 0 radical (unpaired) electrons. The number of allylic oxidation sites excluding steroid dienone is 2. The van der Waals surface area contributed by atoms with Crippen molar-refractivity contribution in [2.45, 2.75) is 108 Å². The molecule has 0 aromatic carbocycles. The summed E-state index contributed by atoms with van der Waals surface area (Å²) in [6.07, 6.45) is 22.2. The largest absolute Gasteiger partial charge is 0.481 e. The zero-order valence-electron chi connectivity index (χ0n) is 19.3. The lowest BCUT2D eigenvalue weighted by Crippen LogP contribution is -2.30. The Morgan fingerprint density at radius 2 is 1.94 bits per heavy atom. The minimum absolute atomic E-state index is 0.188. The summed E-state index contributed by atoms with van der Waals surface area (Å²) >= 11 is 0. The van der Waals surface area contributed by atoms with E-state index in [0.29, 0.717) is 30.5 Å². The number of hydrogen-bond donors (Lipinski definition) is 2. The minimum atomic E-state index is -0.747. The summed E-state index contributed by atoms with van der Waals surface area (Å²) in [5.74, 6) is 1.04. The molecular weight excluding hydrogens is 404 g/mol. The van der Waals surface area contributed by atoms with E-state index in [2.05, 4.69) is 15.6 Å². The Labute approximate surface area is 192 Å². The van der Waals surface area contributed by atoms with Crippen LogP contribution in [0.5, 0.6) is 0 Å². The standard InChI is InChI=1S/C26H40N2O4/c29-23(12-7-10-19-8-3-1-4-9-19)22-17-28(18-27-22)16-21-20(24-14-15-25(21)32-24)11-5-2-6-13-26(30)31/h2,5,17-21,23-25,29H,1,3-4,6-16H2,(H,30,31)/b5-2+. The monoisotopic (exact) mass is 444 g/mol. The minimum Gasteiger partial charge on any atom is -0.481 e. The number of hydrogen-bond acceptors (Lipinski definition) is 4. The number of aliphatic carboxylic acids is 1. The van der Waals surface area contributed by atoms with Crippen molar-refractivity contribution in [3.8, 4) is 0 Å². The maximum absolute atomic E-state index is 10.7. The number of carboxylic acid groups (broad SMARTS) is 1. The lowest BCUT2D eigenvalue weighted by molar-refractivity contribution is -0.136. The van der Waals surface area contributed by atoms with Crippen LogP contribution < -0.4 is 0 Å². The summed E-state index contributed by atoms with van der Waals surface area (Å²) in [5.41, 5.74) is 0.794. The van der Waals surface area contributed by atoms with Crippen LogP contribution in [0.25, 0.3) is 0 Å². The molecule has 1 aliphatic carbocycles. The van der Waals surface area contributed by atoms with E-state index in [1.54, 1.807) is 0 Å². The molecule has 0 amide bonds. The van der Waals surface area contributed by atoms with Gasteiger partial charge < -0.3 is 19.5 Å². The van der Waals surface area contributed by atoms with Gasteiger partial charge in [-0.1, -0.05) is 57.1 Å². The zero-order chi connectivity index (χ0) is 22.3. The quantitative estimate of drug-likeness (QED) is 0.429. The van der Waals surface area contributed by atoms with Gasteiger partial charge in [-0.05, 0) is 43.9 Å². The van der Waals surface area contributed by atoms with Gasteiger partial charge in [0.2, 0.25) is 0 Å². The van der Waals surface area contributed by atoms with Crippen molar-refractivity contribution in [1.82, 2.24) is 9.55 Å². The molecule has 3 fully saturated rings. The number of carboxylic acids is 1. The van der Waals surface area contributed by atoms with E-state index in [4.69, 9.17) is 9.84 Å². The predicted octanol–water partition coefficient (Wildman–Crippen LogP) is 5.27. The van der Waals surface area contributed by atoms with Gasteiger partial charge in [0.1, 0.15) is 0 Å².